The standard InChI is InChI=1S/C36H37NO5/c38-33-22-21-32(37(24-28-13-5-1-6-14-28)36(39)42-27-31-19-11-4-12-20-31)34(40-25-29-15-7-2-8-16-29)23-35(33)41-26-30-17-9-3-10-18-30/h1-20,32,34-35H,21-27H2/t32-,34+,35+/m1/s1. The summed E-state index contributed by atoms with van der Waals surface area (Å²) in [6, 6.07) is 38.9. The van der Waals surface area contributed by atoms with Gasteiger partial charge in [0.1, 0.15) is 12.7 Å². The molecule has 0 bridgehead atoms. The fraction of sp³-hybridized carbons (Fsp3) is 0.278. The van der Waals surface area contributed by atoms with Gasteiger partial charge in [-0.3, -0.25) is 9.69 Å². The minimum Gasteiger partial charge on any atom is -0.445 e. The number of amides is 1. The minimum atomic E-state index is -0.630. The maximum Gasteiger partial charge on any atom is 0.410 e. The van der Waals surface area contributed by atoms with E-state index in [1.807, 2.05) is 121 Å². The van der Waals surface area contributed by atoms with E-state index < -0.39 is 18.3 Å². The average molecular weight is 564 g/mol. The van der Waals surface area contributed by atoms with Gasteiger partial charge >= 0.3 is 6.09 Å². The van der Waals surface area contributed by atoms with Crippen LogP contribution >= 0.6 is 0 Å². The van der Waals surface area contributed by atoms with Crippen LogP contribution in [0.2, 0.25) is 0 Å². The van der Waals surface area contributed by atoms with E-state index in [1.54, 1.807) is 4.90 Å². The van der Waals surface area contributed by atoms with Crippen LogP contribution in [0.25, 0.3) is 0 Å². The maximum absolute atomic E-state index is 13.8. The Morgan fingerprint density at radius 3 is 1.67 bits per heavy atom. The highest BCUT2D eigenvalue weighted by Crippen LogP contribution is 2.29. The van der Waals surface area contributed by atoms with Crippen molar-refractivity contribution >= 4 is 11.9 Å². The number of ketones is 1. The largest absolute Gasteiger partial charge is 0.445 e. The van der Waals surface area contributed by atoms with Crippen molar-refractivity contribution in [3.63, 3.8) is 0 Å². The Balaban J connectivity index is 1.39. The molecule has 3 atom stereocenters. The zero-order chi connectivity index (χ0) is 29.0. The molecule has 1 aliphatic carbocycles. The van der Waals surface area contributed by atoms with Crippen LogP contribution in [0.3, 0.4) is 0 Å². The van der Waals surface area contributed by atoms with Gasteiger partial charge in [0.2, 0.25) is 0 Å². The lowest BCUT2D eigenvalue weighted by Crippen LogP contribution is -2.48. The molecule has 0 heterocycles. The molecule has 1 aliphatic rings. The SMILES string of the molecule is O=C1CC[C@@H](N(Cc2ccccc2)C(=O)OCc2ccccc2)[C@@H](OCc2ccccc2)C[C@@H]1OCc1ccccc1. The van der Waals surface area contributed by atoms with Crippen LogP contribution in [-0.4, -0.2) is 35.0 Å². The fourth-order valence-electron chi connectivity index (χ4n) is 5.28. The molecule has 1 fully saturated rings. The second-order valence-electron chi connectivity index (χ2n) is 10.6. The van der Waals surface area contributed by atoms with Gasteiger partial charge in [0.25, 0.3) is 0 Å². The first-order valence-electron chi connectivity index (χ1n) is 14.5. The van der Waals surface area contributed by atoms with E-state index in [9.17, 15) is 9.59 Å². The van der Waals surface area contributed by atoms with Crippen molar-refractivity contribution in [2.24, 2.45) is 0 Å². The van der Waals surface area contributed by atoms with Gasteiger partial charge < -0.3 is 14.2 Å². The molecular formula is C36H37NO5. The van der Waals surface area contributed by atoms with Gasteiger partial charge in [0, 0.05) is 19.4 Å². The van der Waals surface area contributed by atoms with E-state index in [2.05, 4.69) is 0 Å². The van der Waals surface area contributed by atoms with Crippen molar-refractivity contribution in [3.8, 4) is 0 Å². The first-order chi connectivity index (χ1) is 20.7. The van der Waals surface area contributed by atoms with Gasteiger partial charge in [-0.2, -0.15) is 0 Å². The fourth-order valence-corrected chi connectivity index (χ4v) is 5.28. The van der Waals surface area contributed by atoms with Gasteiger partial charge in [-0.1, -0.05) is 121 Å². The monoisotopic (exact) mass is 563 g/mol. The summed E-state index contributed by atoms with van der Waals surface area (Å²) >= 11 is 0. The molecule has 1 saturated carbocycles. The minimum absolute atomic E-state index is 0.0269. The van der Waals surface area contributed by atoms with Crippen LogP contribution in [0, 0.1) is 0 Å². The van der Waals surface area contributed by atoms with E-state index in [0.717, 1.165) is 22.3 Å². The average Bonchev–Trinajstić information content (AvgIpc) is 3.20. The second kappa shape index (κ2) is 15.1. The number of benzene rings is 4. The lowest BCUT2D eigenvalue weighted by atomic mass is 10.0. The van der Waals surface area contributed by atoms with E-state index in [1.165, 1.54) is 0 Å². The highest BCUT2D eigenvalue weighted by atomic mass is 16.6. The topological polar surface area (TPSA) is 65.1 Å². The number of Topliss-reactive ketones (excluding diaryl/α,β-unsaturated/α-hetero) is 1. The lowest BCUT2D eigenvalue weighted by Gasteiger charge is -2.36. The Kier molecular flexibility index (Phi) is 10.5. The molecule has 0 aromatic heterocycles. The molecule has 4 aromatic rings. The molecule has 6 heteroatoms. The van der Waals surface area contributed by atoms with Crippen molar-refractivity contribution in [1.82, 2.24) is 4.90 Å². The third kappa shape index (κ3) is 8.38. The Labute approximate surface area is 247 Å². The summed E-state index contributed by atoms with van der Waals surface area (Å²) in [5, 5.41) is 0. The van der Waals surface area contributed by atoms with E-state index in [0.29, 0.717) is 32.6 Å². The first kappa shape index (κ1) is 29.2. The van der Waals surface area contributed by atoms with Crippen molar-refractivity contribution in [3.05, 3.63) is 144 Å². The van der Waals surface area contributed by atoms with Crippen LogP contribution in [0.4, 0.5) is 4.79 Å². The number of carbonyl (C=O) groups excluding carboxylic acids is 2. The highest BCUT2D eigenvalue weighted by Gasteiger charge is 2.39. The number of hydrogen-bond donors (Lipinski definition) is 0. The van der Waals surface area contributed by atoms with Crippen LogP contribution in [0.15, 0.2) is 121 Å². The first-order valence-corrected chi connectivity index (χ1v) is 14.5. The summed E-state index contributed by atoms with van der Waals surface area (Å²) < 4.78 is 18.6. The van der Waals surface area contributed by atoms with Gasteiger partial charge in [-0.05, 0) is 28.7 Å². The van der Waals surface area contributed by atoms with Gasteiger partial charge in [0.15, 0.2) is 5.78 Å². The summed E-state index contributed by atoms with van der Waals surface area (Å²) in [6.07, 6.45) is -0.415. The summed E-state index contributed by atoms with van der Waals surface area (Å²) in [5.41, 5.74) is 3.91. The molecule has 4 aromatic carbocycles. The molecule has 0 radical (unpaired) electrons. The van der Waals surface area contributed by atoms with Gasteiger partial charge in [-0.15, -0.1) is 0 Å². The molecule has 0 saturated heterocycles. The van der Waals surface area contributed by atoms with Crippen LogP contribution < -0.4 is 0 Å². The third-order valence-corrected chi connectivity index (χ3v) is 7.56. The maximum atomic E-state index is 13.8. The smallest absolute Gasteiger partial charge is 0.410 e. The van der Waals surface area contributed by atoms with Crippen molar-refractivity contribution in [2.45, 2.75) is 63.9 Å². The summed E-state index contributed by atoms with van der Waals surface area (Å²) in [4.78, 5) is 28.8. The molecule has 216 valence electrons. The zero-order valence-electron chi connectivity index (χ0n) is 23.7. The molecule has 5 rings (SSSR count). The lowest BCUT2D eigenvalue weighted by molar-refractivity contribution is -0.133. The quantitative estimate of drug-likeness (QED) is 0.182. The molecule has 6 nitrogen and oxygen atoms in total. The van der Waals surface area contributed by atoms with Crippen LogP contribution in [0.1, 0.15) is 41.5 Å². The normalized spacial score (nSPS) is 18.7. The number of carbonyl (C=O) groups is 2. The molecular weight excluding hydrogens is 526 g/mol. The van der Waals surface area contributed by atoms with E-state index in [4.69, 9.17) is 14.2 Å². The molecule has 0 aliphatic heterocycles. The van der Waals surface area contributed by atoms with Crippen molar-refractivity contribution < 1.29 is 23.8 Å². The molecule has 0 unspecified atom stereocenters. The Bertz CT molecular complexity index is 1380. The number of hydrogen-bond acceptors (Lipinski definition) is 5. The summed E-state index contributed by atoms with van der Waals surface area (Å²) in [6.45, 7) is 1.20. The van der Waals surface area contributed by atoms with Crippen molar-refractivity contribution in [2.75, 3.05) is 0 Å². The summed E-state index contributed by atoms with van der Waals surface area (Å²) in [7, 11) is 0. The predicted molar refractivity (Wildman–Crippen MR) is 161 cm³/mol. The highest BCUT2D eigenvalue weighted by molar-refractivity contribution is 5.83. The molecule has 42 heavy (non-hydrogen) atoms. The number of nitrogens with zero attached hydrogens (tertiary/aromatic N) is 1. The van der Waals surface area contributed by atoms with E-state index >= 15 is 0 Å². The Morgan fingerprint density at radius 1 is 0.643 bits per heavy atom. The predicted octanol–water partition coefficient (Wildman–Crippen LogP) is 7.12. The Hall–Kier alpha value is -4.26. The van der Waals surface area contributed by atoms with E-state index in [-0.39, 0.29) is 24.9 Å². The number of ether oxygens (including phenoxy) is 3. The Morgan fingerprint density at radius 2 is 1.12 bits per heavy atom. The van der Waals surface area contributed by atoms with Crippen LogP contribution in [0.5, 0.6) is 0 Å². The van der Waals surface area contributed by atoms with Crippen molar-refractivity contribution in [1.29, 1.82) is 0 Å². The van der Waals surface area contributed by atoms with Crippen LogP contribution in [-0.2, 0) is 45.4 Å². The second-order valence-corrected chi connectivity index (χ2v) is 10.6. The van der Waals surface area contributed by atoms with Gasteiger partial charge in [0.05, 0.1) is 25.4 Å². The zero-order valence-corrected chi connectivity index (χ0v) is 23.7. The molecule has 1 amide bonds. The number of rotatable bonds is 11. The molecule has 0 N–H and O–H groups in total. The third-order valence-electron chi connectivity index (χ3n) is 7.56. The summed E-state index contributed by atoms with van der Waals surface area (Å²) in [5.74, 6) is 0.0269. The molecule has 0 spiro atoms. The van der Waals surface area contributed by atoms with Gasteiger partial charge in [-0.25, -0.2) is 4.79 Å².